The summed E-state index contributed by atoms with van der Waals surface area (Å²) in [5.41, 5.74) is 2.47. The van der Waals surface area contributed by atoms with Crippen molar-refractivity contribution in [1.29, 1.82) is 0 Å². The van der Waals surface area contributed by atoms with Gasteiger partial charge in [-0.15, -0.1) is 0 Å². The molecular weight excluding hydrogens is 356 g/mol. The van der Waals surface area contributed by atoms with E-state index in [1.165, 1.54) is 11.1 Å². The molecule has 5 heteroatoms. The number of nitrogens with zero attached hydrogens (tertiary/aromatic N) is 2. The third-order valence-corrected chi connectivity index (χ3v) is 7.15. The molecule has 0 aromatic heterocycles. The zero-order valence-corrected chi connectivity index (χ0v) is 17.2. The maximum atomic E-state index is 13.0. The Balaban J connectivity index is 1.87. The zero-order valence-electron chi connectivity index (χ0n) is 16.4. The summed E-state index contributed by atoms with van der Waals surface area (Å²) in [7, 11) is 0.516. The minimum Gasteiger partial charge on any atom is -0.367 e. The van der Waals surface area contributed by atoms with Crippen LogP contribution in [0.4, 0.5) is 0 Å². The van der Waals surface area contributed by atoms with Crippen molar-refractivity contribution in [3.05, 3.63) is 59.7 Å². The van der Waals surface area contributed by atoms with Crippen molar-refractivity contribution in [2.45, 2.75) is 48.3 Å². The first-order valence-electron chi connectivity index (χ1n) is 9.51. The van der Waals surface area contributed by atoms with E-state index in [0.29, 0.717) is 15.7 Å². The van der Waals surface area contributed by atoms with Gasteiger partial charge in [0.1, 0.15) is 0 Å². The van der Waals surface area contributed by atoms with Gasteiger partial charge in [-0.2, -0.15) is 0 Å². The second-order valence-electron chi connectivity index (χ2n) is 7.38. The highest BCUT2D eigenvalue weighted by Crippen LogP contribution is 2.36. The van der Waals surface area contributed by atoms with Gasteiger partial charge in [-0.3, -0.25) is 4.99 Å². The molecule has 2 aromatic carbocycles. The van der Waals surface area contributed by atoms with Gasteiger partial charge in [0.05, 0.1) is 15.6 Å². The van der Waals surface area contributed by atoms with E-state index >= 15 is 0 Å². The van der Waals surface area contributed by atoms with E-state index in [-0.39, 0.29) is 0 Å². The van der Waals surface area contributed by atoms with Crippen molar-refractivity contribution in [3.8, 4) is 0 Å². The standard InChI is InChI=1S/C22H28N2O2S/c1-17(24(2)3)23-15-14-19-9-7-8-18-12-13-21(16-22(18)19)27(25,26)20-10-5-4-6-11-20/h4-6,10-13,16,19H,7-9,14-15H2,1-3H3. The smallest absolute Gasteiger partial charge is 0.206 e. The molecule has 0 saturated carbocycles. The number of aryl methyl sites for hydroxylation is 1. The first kappa shape index (κ1) is 19.6. The predicted molar refractivity (Wildman–Crippen MR) is 110 cm³/mol. The quantitative estimate of drug-likeness (QED) is 0.570. The van der Waals surface area contributed by atoms with Crippen LogP contribution in [0.3, 0.4) is 0 Å². The van der Waals surface area contributed by atoms with Gasteiger partial charge in [-0.25, -0.2) is 8.42 Å². The molecule has 0 fully saturated rings. The Kier molecular flexibility index (Phi) is 6.00. The fourth-order valence-corrected chi connectivity index (χ4v) is 4.92. The summed E-state index contributed by atoms with van der Waals surface area (Å²) in [6.45, 7) is 2.78. The van der Waals surface area contributed by atoms with Crippen LogP contribution in [0, 0.1) is 0 Å². The lowest BCUT2D eigenvalue weighted by molar-refractivity contribution is 0.521. The lowest BCUT2D eigenvalue weighted by atomic mass is 9.81. The van der Waals surface area contributed by atoms with Gasteiger partial charge in [0.2, 0.25) is 9.84 Å². The largest absolute Gasteiger partial charge is 0.367 e. The zero-order chi connectivity index (χ0) is 19.4. The predicted octanol–water partition coefficient (Wildman–Crippen LogP) is 4.31. The van der Waals surface area contributed by atoms with Crippen molar-refractivity contribution < 1.29 is 8.42 Å². The first-order valence-corrected chi connectivity index (χ1v) is 11.0. The number of fused-ring (bicyclic) bond motifs is 1. The normalized spacial score (nSPS) is 17.4. The van der Waals surface area contributed by atoms with Gasteiger partial charge in [0.25, 0.3) is 0 Å². The Morgan fingerprint density at radius 1 is 1.11 bits per heavy atom. The van der Waals surface area contributed by atoms with Gasteiger partial charge in [-0.1, -0.05) is 24.3 Å². The molecular formula is C22H28N2O2S. The fourth-order valence-electron chi connectivity index (χ4n) is 3.60. The van der Waals surface area contributed by atoms with Crippen LogP contribution in [-0.4, -0.2) is 39.8 Å². The van der Waals surface area contributed by atoms with E-state index in [1.54, 1.807) is 30.3 Å². The van der Waals surface area contributed by atoms with Gasteiger partial charge in [0.15, 0.2) is 0 Å². The summed E-state index contributed by atoms with van der Waals surface area (Å²) in [5.74, 6) is 1.39. The number of rotatable bonds is 5. The molecule has 0 aliphatic heterocycles. The Bertz CT molecular complexity index is 919. The molecule has 3 rings (SSSR count). The van der Waals surface area contributed by atoms with Crippen molar-refractivity contribution >= 4 is 15.7 Å². The summed E-state index contributed by atoms with van der Waals surface area (Å²) in [6.07, 6.45) is 4.22. The van der Waals surface area contributed by atoms with Crippen LogP contribution in [0.25, 0.3) is 0 Å². The van der Waals surface area contributed by atoms with Gasteiger partial charge >= 0.3 is 0 Å². The molecule has 0 N–H and O–H groups in total. The summed E-state index contributed by atoms with van der Waals surface area (Å²) >= 11 is 0. The van der Waals surface area contributed by atoms with E-state index in [0.717, 1.165) is 38.1 Å². The minimum atomic E-state index is -3.48. The molecule has 0 radical (unpaired) electrons. The molecule has 0 saturated heterocycles. The number of aliphatic imine (C=N–C) groups is 1. The minimum absolute atomic E-state index is 0.350. The maximum absolute atomic E-state index is 13.0. The highest BCUT2D eigenvalue weighted by atomic mass is 32.2. The second-order valence-corrected chi connectivity index (χ2v) is 9.33. The molecule has 2 aromatic rings. The van der Waals surface area contributed by atoms with Crippen LogP contribution in [0.2, 0.25) is 0 Å². The van der Waals surface area contributed by atoms with Crippen LogP contribution < -0.4 is 0 Å². The van der Waals surface area contributed by atoms with Crippen LogP contribution >= 0.6 is 0 Å². The highest BCUT2D eigenvalue weighted by Gasteiger charge is 2.24. The maximum Gasteiger partial charge on any atom is 0.206 e. The number of hydrogen-bond donors (Lipinski definition) is 0. The van der Waals surface area contributed by atoms with E-state index in [4.69, 9.17) is 0 Å². The van der Waals surface area contributed by atoms with Gasteiger partial charge in [-0.05, 0) is 73.9 Å². The molecule has 0 spiro atoms. The van der Waals surface area contributed by atoms with Crippen molar-refractivity contribution in [2.24, 2.45) is 4.99 Å². The highest BCUT2D eigenvalue weighted by molar-refractivity contribution is 7.91. The van der Waals surface area contributed by atoms with E-state index in [1.807, 2.05) is 44.1 Å². The van der Waals surface area contributed by atoms with E-state index in [2.05, 4.69) is 4.99 Å². The summed E-state index contributed by atoms with van der Waals surface area (Å²) in [4.78, 5) is 7.39. The van der Waals surface area contributed by atoms with Crippen molar-refractivity contribution in [2.75, 3.05) is 20.6 Å². The van der Waals surface area contributed by atoms with Gasteiger partial charge < -0.3 is 4.90 Å². The second kappa shape index (κ2) is 8.26. The van der Waals surface area contributed by atoms with Crippen LogP contribution in [0.15, 0.2) is 63.3 Å². The molecule has 0 bridgehead atoms. The average Bonchev–Trinajstić information content (AvgIpc) is 2.68. The molecule has 1 atom stereocenters. The van der Waals surface area contributed by atoms with Crippen molar-refractivity contribution in [3.63, 3.8) is 0 Å². The third-order valence-electron chi connectivity index (χ3n) is 5.39. The molecule has 144 valence electrons. The average molecular weight is 385 g/mol. The monoisotopic (exact) mass is 384 g/mol. The molecule has 0 heterocycles. The lowest BCUT2D eigenvalue weighted by Crippen LogP contribution is -2.19. The first-order chi connectivity index (χ1) is 12.9. The third kappa shape index (κ3) is 4.41. The molecule has 4 nitrogen and oxygen atoms in total. The van der Waals surface area contributed by atoms with Crippen LogP contribution in [0.1, 0.15) is 43.2 Å². The number of benzene rings is 2. The van der Waals surface area contributed by atoms with Crippen LogP contribution in [0.5, 0.6) is 0 Å². The van der Waals surface area contributed by atoms with E-state index in [9.17, 15) is 8.42 Å². The van der Waals surface area contributed by atoms with Gasteiger partial charge in [0, 0.05) is 20.6 Å². The Hall–Kier alpha value is -2.14. The number of hydrogen-bond acceptors (Lipinski definition) is 3. The SMILES string of the molecule is CC(=NCCC1CCCc2ccc(S(=O)(=O)c3ccccc3)cc21)N(C)C. The Morgan fingerprint density at radius 2 is 1.85 bits per heavy atom. The summed E-state index contributed by atoms with van der Waals surface area (Å²) < 4.78 is 26.0. The molecule has 1 aliphatic rings. The van der Waals surface area contributed by atoms with Crippen molar-refractivity contribution in [1.82, 2.24) is 4.90 Å². The number of amidine groups is 1. The Morgan fingerprint density at radius 3 is 2.56 bits per heavy atom. The molecule has 1 aliphatic carbocycles. The lowest BCUT2D eigenvalue weighted by Gasteiger charge is -2.26. The summed E-state index contributed by atoms with van der Waals surface area (Å²) in [5, 5.41) is 0. The molecule has 1 unspecified atom stereocenters. The topological polar surface area (TPSA) is 49.7 Å². The summed E-state index contributed by atoms with van der Waals surface area (Å²) in [6, 6.07) is 14.3. The van der Waals surface area contributed by atoms with E-state index < -0.39 is 9.84 Å². The Labute approximate surface area is 162 Å². The fraction of sp³-hybridized carbons (Fsp3) is 0.409. The van der Waals surface area contributed by atoms with Crippen LogP contribution in [-0.2, 0) is 16.3 Å². The molecule has 27 heavy (non-hydrogen) atoms. The molecule has 0 amide bonds. The number of sulfone groups is 1.